The van der Waals surface area contributed by atoms with Crippen molar-refractivity contribution in [1.82, 2.24) is 4.90 Å². The van der Waals surface area contributed by atoms with E-state index in [4.69, 9.17) is 4.74 Å². The summed E-state index contributed by atoms with van der Waals surface area (Å²) in [6.07, 6.45) is 6.45. The molecule has 0 aromatic heterocycles. The lowest BCUT2D eigenvalue weighted by molar-refractivity contribution is -0.0804. The average Bonchev–Trinajstić information content (AvgIpc) is 2.78. The fraction of sp³-hybridized carbons (Fsp3) is 1.00. The molecule has 0 aromatic rings. The van der Waals surface area contributed by atoms with Crippen molar-refractivity contribution in [3.8, 4) is 0 Å². The van der Waals surface area contributed by atoms with Crippen LogP contribution in [0.4, 0.5) is 0 Å². The highest BCUT2D eigenvalue weighted by Gasteiger charge is 2.61. The summed E-state index contributed by atoms with van der Waals surface area (Å²) in [6, 6.07) is 0. The zero-order valence-corrected chi connectivity index (χ0v) is 15.0. The van der Waals surface area contributed by atoms with Crippen molar-refractivity contribution in [2.75, 3.05) is 26.2 Å². The van der Waals surface area contributed by atoms with Crippen LogP contribution in [0.25, 0.3) is 0 Å². The number of hydrogen-bond donors (Lipinski definition) is 1. The van der Waals surface area contributed by atoms with Gasteiger partial charge in [0, 0.05) is 13.1 Å². The maximum atomic E-state index is 10.4. The Kier molecular flexibility index (Phi) is 4.61. The monoisotopic (exact) mass is 309 g/mol. The molecular weight excluding hydrogens is 274 g/mol. The molecule has 3 aliphatic rings. The molecule has 0 aromatic carbocycles. The summed E-state index contributed by atoms with van der Waals surface area (Å²) < 4.78 is 6.23. The van der Waals surface area contributed by atoms with Crippen LogP contribution in [0.2, 0.25) is 0 Å². The number of β-amino-alcohol motifs (C(OH)–C–C–N with tert-alkyl or cyclic N) is 1. The number of rotatable bonds is 5. The van der Waals surface area contributed by atoms with Gasteiger partial charge in [-0.15, -0.1) is 0 Å². The number of aliphatic hydroxyl groups is 1. The molecule has 0 amide bonds. The van der Waals surface area contributed by atoms with Gasteiger partial charge in [-0.2, -0.15) is 0 Å². The van der Waals surface area contributed by atoms with Gasteiger partial charge in [0.05, 0.1) is 18.8 Å². The molecule has 0 spiro atoms. The summed E-state index contributed by atoms with van der Waals surface area (Å²) in [4.78, 5) is 2.41. The van der Waals surface area contributed by atoms with Gasteiger partial charge in [-0.1, -0.05) is 27.7 Å². The molecule has 1 N–H and O–H groups in total. The molecule has 1 saturated heterocycles. The predicted octanol–water partition coefficient (Wildman–Crippen LogP) is 3.31. The standard InChI is InChI=1S/C19H35NO2/c1-14-6-5-9-20(11-14)12-16(21)13-22-17-10-15-7-8-19(17,4)18(15,2)3/h14-17,21H,5-13H2,1-4H3/t14-,15-,16-,17+,19-/m1/s1. The van der Waals surface area contributed by atoms with Crippen LogP contribution in [-0.4, -0.2) is 48.5 Å². The van der Waals surface area contributed by atoms with E-state index in [0.29, 0.717) is 23.5 Å². The van der Waals surface area contributed by atoms with Gasteiger partial charge in [0.1, 0.15) is 0 Å². The summed E-state index contributed by atoms with van der Waals surface area (Å²) in [7, 11) is 0. The SMILES string of the molecule is C[C@@H]1CCCN(C[C@@H](O)CO[C@H]2C[C@H]3CC[C@@]2(C)C3(C)C)C1. The van der Waals surface area contributed by atoms with E-state index in [9.17, 15) is 5.11 Å². The van der Waals surface area contributed by atoms with Gasteiger partial charge in [-0.25, -0.2) is 0 Å². The fourth-order valence-electron chi connectivity index (χ4n) is 5.41. The average molecular weight is 309 g/mol. The lowest BCUT2D eigenvalue weighted by atomic mass is 9.70. The number of ether oxygens (including phenoxy) is 1. The van der Waals surface area contributed by atoms with E-state index in [1.807, 2.05) is 0 Å². The summed E-state index contributed by atoms with van der Waals surface area (Å²) in [5, 5.41) is 10.4. The molecule has 3 heteroatoms. The van der Waals surface area contributed by atoms with Crippen molar-refractivity contribution in [1.29, 1.82) is 0 Å². The van der Waals surface area contributed by atoms with E-state index in [1.54, 1.807) is 0 Å². The number of piperidine rings is 1. The molecule has 0 unspecified atom stereocenters. The molecule has 2 aliphatic carbocycles. The van der Waals surface area contributed by atoms with E-state index in [1.165, 1.54) is 32.1 Å². The first kappa shape index (κ1) is 16.7. The number of likely N-dealkylation sites (tertiary alicyclic amines) is 1. The van der Waals surface area contributed by atoms with Crippen LogP contribution in [0.5, 0.6) is 0 Å². The third kappa shape index (κ3) is 2.85. The van der Waals surface area contributed by atoms with Gasteiger partial charge in [-0.3, -0.25) is 0 Å². The Balaban J connectivity index is 1.47. The normalized spacial score (nSPS) is 42.7. The van der Waals surface area contributed by atoms with Gasteiger partial charge in [-0.05, 0) is 61.3 Å². The minimum absolute atomic E-state index is 0.303. The van der Waals surface area contributed by atoms with E-state index in [2.05, 4.69) is 32.6 Å². The molecule has 1 aliphatic heterocycles. The predicted molar refractivity (Wildman–Crippen MR) is 89.8 cm³/mol. The smallest absolute Gasteiger partial charge is 0.0900 e. The van der Waals surface area contributed by atoms with Crippen molar-refractivity contribution in [3.63, 3.8) is 0 Å². The fourth-order valence-corrected chi connectivity index (χ4v) is 5.41. The van der Waals surface area contributed by atoms with Crippen molar-refractivity contribution in [2.45, 2.75) is 72.0 Å². The van der Waals surface area contributed by atoms with Gasteiger partial charge < -0.3 is 14.7 Å². The number of hydrogen-bond acceptors (Lipinski definition) is 3. The Morgan fingerprint density at radius 3 is 2.64 bits per heavy atom. The molecule has 3 fully saturated rings. The lowest BCUT2D eigenvalue weighted by Crippen LogP contribution is -2.43. The minimum Gasteiger partial charge on any atom is -0.389 e. The van der Waals surface area contributed by atoms with E-state index >= 15 is 0 Å². The van der Waals surface area contributed by atoms with E-state index in [0.717, 1.165) is 31.5 Å². The summed E-state index contributed by atoms with van der Waals surface area (Å²) in [5.41, 5.74) is 0.696. The van der Waals surface area contributed by atoms with E-state index < -0.39 is 0 Å². The Hall–Kier alpha value is -0.120. The Labute approximate surface area is 136 Å². The summed E-state index contributed by atoms with van der Waals surface area (Å²) >= 11 is 0. The second kappa shape index (κ2) is 6.07. The maximum Gasteiger partial charge on any atom is 0.0900 e. The van der Waals surface area contributed by atoms with Crippen LogP contribution in [0.15, 0.2) is 0 Å². The first-order valence-electron chi connectivity index (χ1n) is 9.35. The molecule has 3 rings (SSSR count). The van der Waals surface area contributed by atoms with Crippen LogP contribution >= 0.6 is 0 Å². The van der Waals surface area contributed by atoms with Crippen molar-refractivity contribution < 1.29 is 9.84 Å². The Morgan fingerprint density at radius 1 is 1.27 bits per heavy atom. The molecule has 1 heterocycles. The topological polar surface area (TPSA) is 32.7 Å². The number of aliphatic hydroxyl groups excluding tert-OH is 1. The zero-order valence-electron chi connectivity index (χ0n) is 15.0. The third-order valence-corrected chi connectivity index (χ3v) is 7.41. The summed E-state index contributed by atoms with van der Waals surface area (Å²) in [5.74, 6) is 1.58. The molecule has 22 heavy (non-hydrogen) atoms. The first-order valence-corrected chi connectivity index (χ1v) is 9.35. The van der Waals surface area contributed by atoms with Crippen LogP contribution in [0, 0.1) is 22.7 Å². The van der Waals surface area contributed by atoms with Crippen LogP contribution < -0.4 is 0 Å². The van der Waals surface area contributed by atoms with Crippen LogP contribution in [0.1, 0.15) is 59.8 Å². The first-order chi connectivity index (χ1) is 10.3. The van der Waals surface area contributed by atoms with Crippen LogP contribution in [-0.2, 0) is 4.74 Å². The largest absolute Gasteiger partial charge is 0.389 e. The van der Waals surface area contributed by atoms with Crippen molar-refractivity contribution >= 4 is 0 Å². The van der Waals surface area contributed by atoms with Gasteiger partial charge in [0.25, 0.3) is 0 Å². The number of fused-ring (bicyclic) bond motifs is 2. The zero-order chi connectivity index (χ0) is 16.0. The van der Waals surface area contributed by atoms with Gasteiger partial charge >= 0.3 is 0 Å². The highest BCUT2D eigenvalue weighted by molar-refractivity contribution is 5.11. The molecule has 2 saturated carbocycles. The molecule has 2 bridgehead atoms. The highest BCUT2D eigenvalue weighted by atomic mass is 16.5. The van der Waals surface area contributed by atoms with Crippen molar-refractivity contribution in [2.24, 2.45) is 22.7 Å². The molecular formula is C19H35NO2. The Bertz CT molecular complexity index is 397. The maximum absolute atomic E-state index is 10.4. The lowest BCUT2D eigenvalue weighted by Gasteiger charge is -2.39. The minimum atomic E-state index is -0.337. The summed E-state index contributed by atoms with van der Waals surface area (Å²) in [6.45, 7) is 13.1. The quantitative estimate of drug-likeness (QED) is 0.846. The van der Waals surface area contributed by atoms with Gasteiger partial charge in [0.15, 0.2) is 0 Å². The highest BCUT2D eigenvalue weighted by Crippen LogP contribution is 2.66. The molecule has 3 nitrogen and oxygen atoms in total. The molecule has 5 atom stereocenters. The third-order valence-electron chi connectivity index (χ3n) is 7.41. The van der Waals surface area contributed by atoms with Gasteiger partial charge in [0.2, 0.25) is 0 Å². The molecule has 0 radical (unpaired) electrons. The second-order valence-corrected chi connectivity index (χ2v) is 9.09. The van der Waals surface area contributed by atoms with E-state index in [-0.39, 0.29) is 6.10 Å². The molecule has 128 valence electrons. The number of nitrogens with zero attached hydrogens (tertiary/aromatic N) is 1. The van der Waals surface area contributed by atoms with Crippen molar-refractivity contribution in [3.05, 3.63) is 0 Å². The van der Waals surface area contributed by atoms with Crippen LogP contribution in [0.3, 0.4) is 0 Å². The Morgan fingerprint density at radius 2 is 2.05 bits per heavy atom. The second-order valence-electron chi connectivity index (χ2n) is 9.09.